The number of quaternary nitrogens is 1. The lowest BCUT2D eigenvalue weighted by molar-refractivity contribution is -0.926. The fourth-order valence-electron chi connectivity index (χ4n) is 4.13. The highest BCUT2D eigenvalue weighted by Crippen LogP contribution is 2.31. The molecule has 1 aromatic rings. The van der Waals surface area contributed by atoms with Gasteiger partial charge in [-0.25, -0.2) is 4.79 Å². The van der Waals surface area contributed by atoms with E-state index in [0.717, 1.165) is 22.8 Å². The summed E-state index contributed by atoms with van der Waals surface area (Å²) in [5, 5.41) is 0. The van der Waals surface area contributed by atoms with Gasteiger partial charge >= 0.3 is 11.9 Å². The Hall–Kier alpha value is -1.15. The van der Waals surface area contributed by atoms with E-state index in [4.69, 9.17) is 9.47 Å². The number of piperidine rings is 1. The normalized spacial score (nSPS) is 31.0. The number of hydrogen-bond donors (Lipinski definition) is 1. The molecule has 0 aromatic heterocycles. The molecule has 6 heteroatoms. The van der Waals surface area contributed by atoms with Gasteiger partial charge in [-0.2, -0.15) is 0 Å². The van der Waals surface area contributed by atoms with Crippen LogP contribution < -0.4 is 4.90 Å². The van der Waals surface area contributed by atoms with Crippen molar-refractivity contribution >= 4 is 34.5 Å². The highest BCUT2D eigenvalue weighted by molar-refractivity contribution is 14.1. The molecule has 2 saturated heterocycles. The molecule has 1 aromatic carbocycles. The van der Waals surface area contributed by atoms with Crippen molar-refractivity contribution in [3.63, 3.8) is 0 Å². The number of hydrogen-bond acceptors (Lipinski definition) is 4. The van der Waals surface area contributed by atoms with Gasteiger partial charge < -0.3 is 14.4 Å². The molecule has 3 rings (SSSR count). The van der Waals surface area contributed by atoms with Gasteiger partial charge in [0.15, 0.2) is 0 Å². The first-order valence-electron chi connectivity index (χ1n) is 8.87. The third-order valence-corrected chi connectivity index (χ3v) is 6.09. The van der Waals surface area contributed by atoms with Crippen molar-refractivity contribution in [2.24, 2.45) is 5.92 Å². The topological polar surface area (TPSA) is 57.0 Å². The van der Waals surface area contributed by atoms with E-state index in [0.29, 0.717) is 11.6 Å². The van der Waals surface area contributed by atoms with E-state index in [1.807, 2.05) is 26.0 Å². The van der Waals surface area contributed by atoms with E-state index in [1.165, 1.54) is 4.90 Å². The Balaban J connectivity index is 1.78. The number of carbonyl (C=O) groups excluding carboxylic acids is 2. The summed E-state index contributed by atoms with van der Waals surface area (Å²) in [7, 11) is 2.13. The maximum Gasteiger partial charge on any atom is 0.338 e. The molecular weight excluding hydrogens is 433 g/mol. The first-order valence-corrected chi connectivity index (χ1v) is 9.95. The minimum Gasteiger partial charge on any atom is -0.462 e. The average molecular weight is 458 g/mol. The van der Waals surface area contributed by atoms with Crippen LogP contribution in [0, 0.1) is 9.49 Å². The summed E-state index contributed by atoms with van der Waals surface area (Å²) in [5.41, 5.74) is 0.523. The first-order chi connectivity index (χ1) is 11.9. The number of carbonyl (C=O) groups is 2. The summed E-state index contributed by atoms with van der Waals surface area (Å²) < 4.78 is 12.3. The Morgan fingerprint density at radius 3 is 2.52 bits per heavy atom. The Labute approximate surface area is 162 Å². The number of esters is 2. The van der Waals surface area contributed by atoms with Crippen molar-refractivity contribution in [2.45, 2.75) is 57.4 Å². The molecule has 5 atom stereocenters. The number of halogens is 1. The minimum atomic E-state index is -0.403. The van der Waals surface area contributed by atoms with Gasteiger partial charge in [0.05, 0.1) is 24.8 Å². The summed E-state index contributed by atoms with van der Waals surface area (Å²) >= 11 is 2.20. The lowest BCUT2D eigenvalue weighted by atomic mass is 9.87. The van der Waals surface area contributed by atoms with Gasteiger partial charge in [-0.15, -0.1) is 0 Å². The van der Waals surface area contributed by atoms with Crippen LogP contribution in [0.1, 0.15) is 43.5 Å². The maximum atomic E-state index is 12.7. The van der Waals surface area contributed by atoms with Crippen molar-refractivity contribution < 1.29 is 24.0 Å². The number of fused-ring (bicyclic) bond motifs is 2. The van der Waals surface area contributed by atoms with Crippen molar-refractivity contribution in [1.82, 2.24) is 0 Å². The monoisotopic (exact) mass is 458 g/mol. The van der Waals surface area contributed by atoms with Gasteiger partial charge in [0.25, 0.3) is 0 Å². The largest absolute Gasteiger partial charge is 0.462 e. The summed E-state index contributed by atoms with van der Waals surface area (Å²) in [4.78, 5) is 26.6. The highest BCUT2D eigenvalue weighted by atomic mass is 127. The predicted octanol–water partition coefficient (Wildman–Crippen LogP) is 1.83. The average Bonchev–Trinajstić information content (AvgIpc) is 2.79. The molecule has 1 unspecified atom stereocenters. The van der Waals surface area contributed by atoms with Crippen LogP contribution in [0.15, 0.2) is 24.3 Å². The van der Waals surface area contributed by atoms with Crippen LogP contribution in [-0.4, -0.2) is 43.3 Å². The van der Waals surface area contributed by atoms with Gasteiger partial charge in [-0.05, 0) is 60.7 Å². The van der Waals surface area contributed by atoms with Gasteiger partial charge in [0.1, 0.15) is 18.1 Å². The summed E-state index contributed by atoms with van der Waals surface area (Å²) in [6, 6.07) is 7.90. The number of rotatable bonds is 4. The Bertz CT molecular complexity index is 645. The third-order valence-electron chi connectivity index (χ3n) is 5.37. The van der Waals surface area contributed by atoms with Crippen LogP contribution >= 0.6 is 22.6 Å². The zero-order chi connectivity index (χ0) is 18.1. The molecule has 0 aliphatic carbocycles. The quantitative estimate of drug-likeness (QED) is 0.553. The molecule has 2 heterocycles. The van der Waals surface area contributed by atoms with Crippen LogP contribution in [0.25, 0.3) is 0 Å². The zero-order valence-corrected chi connectivity index (χ0v) is 17.0. The minimum absolute atomic E-state index is 0.166. The van der Waals surface area contributed by atoms with Crippen molar-refractivity contribution in [3.05, 3.63) is 33.4 Å². The standard InChI is InChI=1S/C19H24INO4/c1-11(2)24-19(23)17-15-9-8-14(21(15)3)10-16(17)25-18(22)12-4-6-13(20)7-5-12/h4-7,11,14-17H,8-10H2,1-3H3/p+1/t14-,15+,16-,17+/m0/s1. The molecule has 25 heavy (non-hydrogen) atoms. The number of nitrogens with one attached hydrogen (secondary N) is 1. The molecule has 136 valence electrons. The van der Waals surface area contributed by atoms with E-state index >= 15 is 0 Å². The zero-order valence-electron chi connectivity index (χ0n) is 14.8. The van der Waals surface area contributed by atoms with Gasteiger partial charge in [0.2, 0.25) is 0 Å². The lowest BCUT2D eigenvalue weighted by Gasteiger charge is -2.38. The fraction of sp³-hybridized carbons (Fsp3) is 0.579. The van der Waals surface area contributed by atoms with E-state index in [9.17, 15) is 9.59 Å². The van der Waals surface area contributed by atoms with E-state index in [1.54, 1.807) is 12.1 Å². The lowest BCUT2D eigenvalue weighted by Crippen LogP contribution is -3.16. The van der Waals surface area contributed by atoms with Gasteiger partial charge in [-0.3, -0.25) is 4.79 Å². The summed E-state index contributed by atoms with van der Waals surface area (Å²) in [5.74, 6) is -0.975. The van der Waals surface area contributed by atoms with Crippen LogP contribution in [0.2, 0.25) is 0 Å². The molecule has 0 saturated carbocycles. The molecule has 1 N–H and O–H groups in total. The molecule has 2 aliphatic rings. The molecule has 5 nitrogen and oxygen atoms in total. The molecular formula is C19H25INO4+. The predicted molar refractivity (Wildman–Crippen MR) is 101 cm³/mol. The van der Waals surface area contributed by atoms with Gasteiger partial charge in [0, 0.05) is 22.8 Å². The van der Waals surface area contributed by atoms with Crippen LogP contribution in [0.5, 0.6) is 0 Å². The summed E-state index contributed by atoms with van der Waals surface area (Å²) in [6.07, 6.45) is 2.20. The number of benzene rings is 1. The second-order valence-electron chi connectivity index (χ2n) is 7.32. The van der Waals surface area contributed by atoms with E-state index < -0.39 is 6.10 Å². The Kier molecular flexibility index (Phi) is 5.68. The summed E-state index contributed by atoms with van der Waals surface area (Å²) in [6.45, 7) is 3.70. The van der Waals surface area contributed by atoms with Crippen LogP contribution in [0.3, 0.4) is 0 Å². The SMILES string of the molecule is CC(C)OC(=O)[C@H]1[C@@H](OC(=O)c2ccc(I)cc2)C[C@@H]2CC[C@H]1[NH+]2C. The third kappa shape index (κ3) is 4.00. The highest BCUT2D eigenvalue weighted by Gasteiger charge is 2.54. The second-order valence-corrected chi connectivity index (χ2v) is 8.57. The molecule has 2 aliphatic heterocycles. The Morgan fingerprint density at radius 1 is 1.20 bits per heavy atom. The molecule has 0 radical (unpaired) electrons. The fourth-order valence-corrected chi connectivity index (χ4v) is 4.49. The van der Waals surface area contributed by atoms with Crippen molar-refractivity contribution in [2.75, 3.05) is 7.05 Å². The van der Waals surface area contributed by atoms with Crippen molar-refractivity contribution in [3.8, 4) is 0 Å². The smallest absolute Gasteiger partial charge is 0.338 e. The molecule has 0 amide bonds. The maximum absolute atomic E-state index is 12.7. The number of ether oxygens (including phenoxy) is 2. The van der Waals surface area contributed by atoms with E-state index in [-0.39, 0.29) is 30.0 Å². The van der Waals surface area contributed by atoms with Crippen LogP contribution in [-0.2, 0) is 14.3 Å². The Morgan fingerprint density at radius 2 is 1.88 bits per heavy atom. The van der Waals surface area contributed by atoms with Crippen molar-refractivity contribution in [1.29, 1.82) is 0 Å². The first kappa shape index (κ1) is 18.6. The molecule has 2 fully saturated rings. The van der Waals surface area contributed by atoms with E-state index in [2.05, 4.69) is 29.6 Å². The molecule has 0 spiro atoms. The second kappa shape index (κ2) is 7.61. The molecule has 2 bridgehead atoms. The van der Waals surface area contributed by atoms with Crippen LogP contribution in [0.4, 0.5) is 0 Å². The van der Waals surface area contributed by atoms with Gasteiger partial charge in [-0.1, -0.05) is 0 Å².